The highest BCUT2D eigenvalue weighted by Gasteiger charge is 2.43. The van der Waals surface area contributed by atoms with E-state index in [1.54, 1.807) is 12.1 Å². The summed E-state index contributed by atoms with van der Waals surface area (Å²) in [7, 11) is 1.47. The molecule has 1 aromatic heterocycles. The number of imide groups is 1. The minimum absolute atomic E-state index is 0.321. The van der Waals surface area contributed by atoms with E-state index in [1.807, 2.05) is 30.5 Å². The summed E-state index contributed by atoms with van der Waals surface area (Å²) in [6.07, 6.45) is 2.15. The molecule has 3 N–H and O–H groups in total. The van der Waals surface area contributed by atoms with Crippen LogP contribution < -0.4 is 15.4 Å². The zero-order valence-corrected chi connectivity index (χ0v) is 17.7. The van der Waals surface area contributed by atoms with Gasteiger partial charge in [0.1, 0.15) is 17.8 Å². The fourth-order valence-electron chi connectivity index (χ4n) is 3.71. The van der Waals surface area contributed by atoms with Crippen molar-refractivity contribution < 1.29 is 19.1 Å². The van der Waals surface area contributed by atoms with Gasteiger partial charge in [0.05, 0.1) is 12.8 Å². The average molecular weight is 441 g/mol. The van der Waals surface area contributed by atoms with E-state index in [2.05, 4.69) is 15.6 Å². The van der Waals surface area contributed by atoms with Crippen molar-refractivity contribution in [3.63, 3.8) is 0 Å². The molecule has 2 heterocycles. The molecule has 1 saturated heterocycles. The van der Waals surface area contributed by atoms with Crippen LogP contribution >= 0.6 is 11.6 Å². The second-order valence-electron chi connectivity index (χ2n) is 7.28. The Bertz CT molecular complexity index is 1180. The number of hydrogen-bond acceptors (Lipinski definition) is 4. The van der Waals surface area contributed by atoms with Crippen LogP contribution in [0.25, 0.3) is 10.9 Å². The molecule has 0 radical (unpaired) electrons. The third-order valence-electron chi connectivity index (χ3n) is 5.34. The summed E-state index contributed by atoms with van der Waals surface area (Å²) in [5.74, 6) is -0.563. The Morgan fingerprint density at radius 2 is 2.03 bits per heavy atom. The molecule has 9 heteroatoms. The van der Waals surface area contributed by atoms with Gasteiger partial charge in [-0.25, -0.2) is 4.79 Å². The monoisotopic (exact) mass is 440 g/mol. The number of aromatic nitrogens is 1. The van der Waals surface area contributed by atoms with Crippen LogP contribution in [0.3, 0.4) is 0 Å². The number of methoxy groups -OCH3 is 1. The number of para-hydroxylation sites is 1. The number of carbonyl (C=O) groups excluding carboxylic acids is 3. The van der Waals surface area contributed by atoms with E-state index in [-0.39, 0.29) is 0 Å². The number of benzene rings is 2. The third-order valence-corrected chi connectivity index (χ3v) is 5.57. The van der Waals surface area contributed by atoms with Crippen LogP contribution in [0, 0.1) is 0 Å². The maximum atomic E-state index is 13.0. The SMILES string of the molecule is COc1ccc(Cl)cc1NC(=O)[C@@H](C)N1C(=O)N[C@H](Cc2c[nH]c3ccccc23)C1=O. The molecule has 1 fully saturated rings. The van der Waals surface area contributed by atoms with Crippen LogP contribution in [0.2, 0.25) is 5.02 Å². The fraction of sp³-hybridized carbons (Fsp3) is 0.227. The third kappa shape index (κ3) is 3.94. The van der Waals surface area contributed by atoms with E-state index in [0.717, 1.165) is 21.4 Å². The predicted octanol–water partition coefficient (Wildman–Crippen LogP) is 3.32. The van der Waals surface area contributed by atoms with Crippen LogP contribution in [0.1, 0.15) is 12.5 Å². The number of fused-ring (bicyclic) bond motifs is 1. The molecule has 4 amide bonds. The molecule has 0 unspecified atom stereocenters. The standard InChI is InChI=1S/C22H21ClN4O4/c1-12(20(28)25-17-10-14(23)7-8-19(17)31-2)27-21(29)18(26-22(27)30)9-13-11-24-16-6-4-3-5-15(13)16/h3-8,10-12,18,24H,9H2,1-2H3,(H,25,28)(H,26,30)/t12-,18-/m1/s1. The highest BCUT2D eigenvalue weighted by atomic mass is 35.5. The predicted molar refractivity (Wildman–Crippen MR) is 117 cm³/mol. The van der Waals surface area contributed by atoms with Crippen LogP contribution in [-0.4, -0.2) is 46.9 Å². The van der Waals surface area contributed by atoms with Gasteiger partial charge in [-0.15, -0.1) is 0 Å². The second kappa shape index (κ2) is 8.31. The van der Waals surface area contributed by atoms with Crippen LogP contribution in [-0.2, 0) is 16.0 Å². The molecule has 0 spiro atoms. The smallest absolute Gasteiger partial charge is 0.325 e. The molecule has 31 heavy (non-hydrogen) atoms. The van der Waals surface area contributed by atoms with Crippen molar-refractivity contribution in [2.45, 2.75) is 25.4 Å². The topological polar surface area (TPSA) is 104 Å². The van der Waals surface area contributed by atoms with E-state index >= 15 is 0 Å². The molecule has 1 aliphatic heterocycles. The molecule has 2 atom stereocenters. The maximum absolute atomic E-state index is 13.0. The molecule has 0 bridgehead atoms. The van der Waals surface area contributed by atoms with Gasteiger partial charge in [-0.1, -0.05) is 29.8 Å². The Morgan fingerprint density at radius 1 is 1.26 bits per heavy atom. The summed E-state index contributed by atoms with van der Waals surface area (Å²) in [5, 5.41) is 6.77. The average Bonchev–Trinajstić information content (AvgIpc) is 3.28. The highest BCUT2D eigenvalue weighted by molar-refractivity contribution is 6.31. The Balaban J connectivity index is 1.49. The Labute approximate surface area is 183 Å². The number of amides is 4. The molecular weight excluding hydrogens is 420 g/mol. The number of nitrogens with zero attached hydrogens (tertiary/aromatic N) is 1. The van der Waals surface area contributed by atoms with Crippen molar-refractivity contribution in [1.82, 2.24) is 15.2 Å². The summed E-state index contributed by atoms with van der Waals surface area (Å²) in [6.45, 7) is 1.50. The number of rotatable bonds is 6. The second-order valence-corrected chi connectivity index (χ2v) is 7.72. The van der Waals surface area contributed by atoms with E-state index in [4.69, 9.17) is 16.3 Å². The van der Waals surface area contributed by atoms with E-state index in [1.165, 1.54) is 20.1 Å². The summed E-state index contributed by atoms with van der Waals surface area (Å²) >= 11 is 6.00. The largest absolute Gasteiger partial charge is 0.495 e. The number of nitrogens with one attached hydrogen (secondary N) is 3. The van der Waals surface area contributed by atoms with Crippen LogP contribution in [0.15, 0.2) is 48.7 Å². The maximum Gasteiger partial charge on any atom is 0.325 e. The van der Waals surface area contributed by atoms with E-state index in [9.17, 15) is 14.4 Å². The lowest BCUT2D eigenvalue weighted by atomic mass is 10.0. The summed E-state index contributed by atoms with van der Waals surface area (Å²) in [5.41, 5.74) is 2.22. The van der Waals surface area contributed by atoms with Crippen LogP contribution in [0.4, 0.5) is 10.5 Å². The molecule has 4 rings (SSSR count). The zero-order valence-electron chi connectivity index (χ0n) is 16.9. The van der Waals surface area contributed by atoms with Gasteiger partial charge in [-0.2, -0.15) is 0 Å². The molecule has 2 aromatic carbocycles. The van der Waals surface area contributed by atoms with Gasteiger partial charge < -0.3 is 20.4 Å². The Hall–Kier alpha value is -3.52. The molecule has 0 aliphatic carbocycles. The minimum atomic E-state index is -1.02. The van der Waals surface area contributed by atoms with Crippen molar-refractivity contribution in [2.24, 2.45) is 0 Å². The molecule has 160 valence electrons. The molecular formula is C22H21ClN4O4. The molecule has 8 nitrogen and oxygen atoms in total. The van der Waals surface area contributed by atoms with Crippen molar-refractivity contribution >= 4 is 46.0 Å². The number of aromatic amines is 1. The van der Waals surface area contributed by atoms with Gasteiger partial charge in [0.25, 0.3) is 5.91 Å². The first-order valence-corrected chi connectivity index (χ1v) is 10.1. The highest BCUT2D eigenvalue weighted by Crippen LogP contribution is 2.28. The fourth-order valence-corrected chi connectivity index (χ4v) is 3.88. The number of halogens is 1. The Morgan fingerprint density at radius 3 is 2.81 bits per heavy atom. The van der Waals surface area contributed by atoms with E-state index in [0.29, 0.717) is 22.9 Å². The van der Waals surface area contributed by atoms with E-state index < -0.39 is 29.9 Å². The summed E-state index contributed by atoms with van der Waals surface area (Å²) in [6, 6.07) is 10.1. The molecule has 1 aliphatic rings. The van der Waals surface area contributed by atoms with Gasteiger partial charge in [-0.05, 0) is 36.8 Å². The lowest BCUT2D eigenvalue weighted by Gasteiger charge is -2.21. The van der Waals surface area contributed by atoms with Gasteiger partial charge in [-0.3, -0.25) is 14.5 Å². The van der Waals surface area contributed by atoms with Crippen molar-refractivity contribution in [3.8, 4) is 5.75 Å². The van der Waals surface area contributed by atoms with Gasteiger partial charge in [0, 0.05) is 28.5 Å². The van der Waals surface area contributed by atoms with Gasteiger partial charge in [0.15, 0.2) is 0 Å². The number of hydrogen-bond donors (Lipinski definition) is 3. The minimum Gasteiger partial charge on any atom is -0.495 e. The van der Waals surface area contributed by atoms with Crippen molar-refractivity contribution in [3.05, 3.63) is 59.2 Å². The first-order chi connectivity index (χ1) is 14.9. The summed E-state index contributed by atoms with van der Waals surface area (Å²) < 4.78 is 5.22. The quantitative estimate of drug-likeness (QED) is 0.511. The van der Waals surface area contributed by atoms with Gasteiger partial charge >= 0.3 is 6.03 Å². The number of ether oxygens (including phenoxy) is 1. The van der Waals surface area contributed by atoms with Crippen molar-refractivity contribution in [1.29, 1.82) is 0 Å². The first kappa shape index (κ1) is 20.7. The first-order valence-electron chi connectivity index (χ1n) is 9.72. The number of urea groups is 1. The molecule has 0 saturated carbocycles. The van der Waals surface area contributed by atoms with Crippen molar-refractivity contribution in [2.75, 3.05) is 12.4 Å². The van der Waals surface area contributed by atoms with Gasteiger partial charge in [0.2, 0.25) is 5.91 Å². The number of carbonyl (C=O) groups is 3. The lowest BCUT2D eigenvalue weighted by Crippen LogP contribution is -2.46. The Kier molecular flexibility index (Phi) is 5.56. The molecule has 3 aromatic rings. The number of anilines is 1. The lowest BCUT2D eigenvalue weighted by molar-refractivity contribution is -0.133. The summed E-state index contributed by atoms with van der Waals surface area (Å²) in [4.78, 5) is 42.4. The van der Waals surface area contributed by atoms with Crippen LogP contribution in [0.5, 0.6) is 5.75 Å². The zero-order chi connectivity index (χ0) is 22.1. The normalized spacial score (nSPS) is 17.0. The number of H-pyrrole nitrogens is 1.